The largest absolute Gasteiger partial charge is 0.496 e. The van der Waals surface area contributed by atoms with E-state index in [2.05, 4.69) is 41.9 Å². The standard InChI is InChI=1S/C12H18BrNO/c1-12(2,6-7-14)9-4-5-11(15-3)10(13)8-9/h4-5,8H,6-7,14H2,1-3H3. The summed E-state index contributed by atoms with van der Waals surface area (Å²) < 4.78 is 6.19. The Morgan fingerprint density at radius 2 is 2.07 bits per heavy atom. The molecule has 0 heterocycles. The predicted molar refractivity (Wildman–Crippen MR) is 67.4 cm³/mol. The van der Waals surface area contributed by atoms with Crippen molar-refractivity contribution in [2.45, 2.75) is 25.7 Å². The first-order chi connectivity index (χ1) is 7.01. The molecule has 0 saturated heterocycles. The van der Waals surface area contributed by atoms with Gasteiger partial charge in [-0.1, -0.05) is 19.9 Å². The fourth-order valence-electron chi connectivity index (χ4n) is 1.59. The zero-order chi connectivity index (χ0) is 11.5. The second-order valence-corrected chi connectivity index (χ2v) is 5.13. The van der Waals surface area contributed by atoms with Crippen LogP contribution in [0.25, 0.3) is 0 Å². The fourth-order valence-corrected chi connectivity index (χ4v) is 2.13. The van der Waals surface area contributed by atoms with E-state index in [9.17, 15) is 0 Å². The van der Waals surface area contributed by atoms with E-state index in [0.29, 0.717) is 6.54 Å². The molecule has 0 aromatic heterocycles. The average molecular weight is 272 g/mol. The van der Waals surface area contributed by atoms with Crippen LogP contribution >= 0.6 is 15.9 Å². The van der Waals surface area contributed by atoms with Gasteiger partial charge in [0.2, 0.25) is 0 Å². The van der Waals surface area contributed by atoms with Gasteiger partial charge in [0.25, 0.3) is 0 Å². The zero-order valence-corrected chi connectivity index (χ0v) is 11.1. The van der Waals surface area contributed by atoms with Crippen molar-refractivity contribution in [3.8, 4) is 5.75 Å². The van der Waals surface area contributed by atoms with Crippen molar-refractivity contribution >= 4 is 15.9 Å². The number of rotatable bonds is 4. The van der Waals surface area contributed by atoms with E-state index in [1.54, 1.807) is 7.11 Å². The van der Waals surface area contributed by atoms with Crippen molar-refractivity contribution in [1.82, 2.24) is 0 Å². The summed E-state index contributed by atoms with van der Waals surface area (Å²) in [4.78, 5) is 0. The van der Waals surface area contributed by atoms with Crippen molar-refractivity contribution < 1.29 is 4.74 Å². The lowest BCUT2D eigenvalue weighted by Crippen LogP contribution is -2.21. The van der Waals surface area contributed by atoms with Crippen molar-refractivity contribution in [3.63, 3.8) is 0 Å². The molecular formula is C12H18BrNO. The number of hydrogen-bond acceptors (Lipinski definition) is 2. The number of ether oxygens (including phenoxy) is 1. The molecule has 2 nitrogen and oxygen atoms in total. The van der Waals surface area contributed by atoms with E-state index < -0.39 is 0 Å². The number of methoxy groups -OCH3 is 1. The first kappa shape index (κ1) is 12.5. The highest BCUT2D eigenvalue weighted by atomic mass is 79.9. The van der Waals surface area contributed by atoms with Gasteiger partial charge in [-0.15, -0.1) is 0 Å². The zero-order valence-electron chi connectivity index (χ0n) is 9.51. The quantitative estimate of drug-likeness (QED) is 0.914. The minimum Gasteiger partial charge on any atom is -0.496 e. The molecule has 15 heavy (non-hydrogen) atoms. The molecule has 0 aliphatic heterocycles. The molecule has 0 fully saturated rings. The Morgan fingerprint density at radius 3 is 2.53 bits per heavy atom. The van der Waals surface area contributed by atoms with Crippen LogP contribution in [0.3, 0.4) is 0 Å². The van der Waals surface area contributed by atoms with Gasteiger partial charge in [-0.3, -0.25) is 0 Å². The molecule has 0 bridgehead atoms. The minimum atomic E-state index is 0.115. The van der Waals surface area contributed by atoms with E-state index >= 15 is 0 Å². The summed E-state index contributed by atoms with van der Waals surface area (Å²) in [6.45, 7) is 5.11. The summed E-state index contributed by atoms with van der Waals surface area (Å²) in [5, 5.41) is 0. The molecular weight excluding hydrogens is 254 g/mol. The first-order valence-corrected chi connectivity index (χ1v) is 5.84. The van der Waals surface area contributed by atoms with Crippen LogP contribution in [0.1, 0.15) is 25.8 Å². The summed E-state index contributed by atoms with van der Waals surface area (Å²) in [6, 6.07) is 6.19. The van der Waals surface area contributed by atoms with Gasteiger partial charge in [0.1, 0.15) is 5.75 Å². The van der Waals surface area contributed by atoms with Crippen molar-refractivity contribution in [2.24, 2.45) is 5.73 Å². The lowest BCUT2D eigenvalue weighted by Gasteiger charge is -2.25. The SMILES string of the molecule is COc1ccc(C(C)(C)CCN)cc1Br. The molecule has 0 spiro atoms. The summed E-state index contributed by atoms with van der Waals surface area (Å²) in [5.74, 6) is 0.863. The summed E-state index contributed by atoms with van der Waals surface area (Å²) in [5.41, 5.74) is 7.00. The fraction of sp³-hybridized carbons (Fsp3) is 0.500. The molecule has 0 radical (unpaired) electrons. The summed E-state index contributed by atoms with van der Waals surface area (Å²) in [6.07, 6.45) is 0.978. The third kappa shape index (κ3) is 2.95. The lowest BCUT2D eigenvalue weighted by molar-refractivity contribution is 0.410. The van der Waals surface area contributed by atoms with Gasteiger partial charge in [0, 0.05) is 0 Å². The second-order valence-electron chi connectivity index (χ2n) is 4.27. The molecule has 84 valence electrons. The van der Waals surface area contributed by atoms with Crippen LogP contribution in [0.2, 0.25) is 0 Å². The summed E-state index contributed by atoms with van der Waals surface area (Å²) in [7, 11) is 1.67. The van der Waals surface area contributed by atoms with Crippen molar-refractivity contribution in [3.05, 3.63) is 28.2 Å². The van der Waals surface area contributed by atoms with Gasteiger partial charge in [-0.2, -0.15) is 0 Å². The van der Waals surface area contributed by atoms with Crippen LogP contribution < -0.4 is 10.5 Å². The highest BCUT2D eigenvalue weighted by molar-refractivity contribution is 9.10. The number of benzene rings is 1. The molecule has 1 rings (SSSR count). The van der Waals surface area contributed by atoms with Crippen LogP contribution in [0, 0.1) is 0 Å². The minimum absolute atomic E-state index is 0.115. The third-order valence-corrected chi connectivity index (χ3v) is 3.32. The molecule has 0 saturated carbocycles. The van der Waals surface area contributed by atoms with Crippen LogP contribution in [-0.2, 0) is 5.41 Å². The Hall–Kier alpha value is -0.540. The Morgan fingerprint density at radius 1 is 1.40 bits per heavy atom. The van der Waals surface area contributed by atoms with Gasteiger partial charge >= 0.3 is 0 Å². The molecule has 1 aromatic rings. The van der Waals surface area contributed by atoms with Gasteiger partial charge in [-0.05, 0) is 52.0 Å². The first-order valence-electron chi connectivity index (χ1n) is 5.05. The number of nitrogens with two attached hydrogens (primary N) is 1. The van der Waals surface area contributed by atoms with E-state index in [-0.39, 0.29) is 5.41 Å². The van der Waals surface area contributed by atoms with Crippen LogP contribution in [-0.4, -0.2) is 13.7 Å². The molecule has 0 aliphatic carbocycles. The maximum Gasteiger partial charge on any atom is 0.133 e. The number of hydrogen-bond donors (Lipinski definition) is 1. The topological polar surface area (TPSA) is 35.2 Å². The maximum absolute atomic E-state index is 5.61. The maximum atomic E-state index is 5.61. The molecule has 1 aromatic carbocycles. The van der Waals surface area contributed by atoms with Crippen LogP contribution in [0.5, 0.6) is 5.75 Å². The van der Waals surface area contributed by atoms with Crippen LogP contribution in [0.15, 0.2) is 22.7 Å². The summed E-state index contributed by atoms with van der Waals surface area (Å²) >= 11 is 3.49. The monoisotopic (exact) mass is 271 g/mol. The van der Waals surface area contributed by atoms with Gasteiger partial charge in [0.05, 0.1) is 11.6 Å². The van der Waals surface area contributed by atoms with Gasteiger partial charge in [-0.25, -0.2) is 0 Å². The van der Waals surface area contributed by atoms with E-state index in [1.165, 1.54) is 5.56 Å². The van der Waals surface area contributed by atoms with E-state index in [1.807, 2.05) is 6.07 Å². The van der Waals surface area contributed by atoms with Crippen LogP contribution in [0.4, 0.5) is 0 Å². The van der Waals surface area contributed by atoms with Gasteiger partial charge < -0.3 is 10.5 Å². The Bertz CT molecular complexity index is 336. The van der Waals surface area contributed by atoms with Gasteiger partial charge in [0.15, 0.2) is 0 Å². The average Bonchev–Trinajstić information content (AvgIpc) is 2.17. The normalized spacial score (nSPS) is 11.5. The molecule has 0 aliphatic rings. The van der Waals surface area contributed by atoms with E-state index in [0.717, 1.165) is 16.6 Å². The molecule has 2 N–H and O–H groups in total. The third-order valence-electron chi connectivity index (χ3n) is 2.70. The molecule has 0 atom stereocenters. The second kappa shape index (κ2) is 4.99. The lowest BCUT2D eigenvalue weighted by atomic mass is 9.82. The Balaban J connectivity index is 3.01. The highest BCUT2D eigenvalue weighted by Crippen LogP contribution is 2.32. The van der Waals surface area contributed by atoms with Crippen molar-refractivity contribution in [1.29, 1.82) is 0 Å². The molecule has 0 unspecified atom stereocenters. The van der Waals surface area contributed by atoms with E-state index in [4.69, 9.17) is 10.5 Å². The highest BCUT2D eigenvalue weighted by Gasteiger charge is 2.20. The molecule has 3 heteroatoms. The Labute approximate surface area is 99.9 Å². The molecule has 0 amide bonds. The van der Waals surface area contributed by atoms with Crippen molar-refractivity contribution in [2.75, 3.05) is 13.7 Å². The Kier molecular flexibility index (Phi) is 4.17. The predicted octanol–water partition coefficient (Wildman–Crippen LogP) is 3.08. The smallest absolute Gasteiger partial charge is 0.133 e. The number of halogens is 1.